The summed E-state index contributed by atoms with van der Waals surface area (Å²) in [7, 11) is 6.10. The molecule has 0 radical (unpaired) electrons. The van der Waals surface area contributed by atoms with Gasteiger partial charge in [0.15, 0.2) is 5.65 Å². The molecule has 1 aromatic carbocycles. The van der Waals surface area contributed by atoms with Gasteiger partial charge in [0.1, 0.15) is 22.8 Å². The van der Waals surface area contributed by atoms with Crippen molar-refractivity contribution in [2.45, 2.75) is 0 Å². The van der Waals surface area contributed by atoms with Crippen LogP contribution in [0.25, 0.3) is 22.6 Å². The van der Waals surface area contributed by atoms with Crippen molar-refractivity contribution in [2.75, 3.05) is 14.2 Å². The van der Waals surface area contributed by atoms with Gasteiger partial charge < -0.3 is 14.5 Å². The van der Waals surface area contributed by atoms with E-state index in [4.69, 9.17) is 9.47 Å². The van der Waals surface area contributed by atoms with E-state index in [1.165, 1.54) is 11.6 Å². The molecule has 23 heavy (non-hydrogen) atoms. The monoisotopic (exact) mass is 316 g/mol. The van der Waals surface area contributed by atoms with E-state index in [1.807, 2.05) is 0 Å². The van der Waals surface area contributed by atoms with Gasteiger partial charge in [0.05, 0.1) is 19.8 Å². The number of hydrogen-bond acceptors (Lipinski definition) is 5. The quantitative estimate of drug-likeness (QED) is 0.766. The number of nitrogens with one attached hydrogen (secondary N) is 1. The maximum atomic E-state index is 12.2. The molecule has 0 bridgehead atoms. The summed E-state index contributed by atoms with van der Waals surface area (Å²) in [5, 5.41) is 0. The zero-order valence-corrected chi connectivity index (χ0v) is 13.2. The summed E-state index contributed by atoms with van der Waals surface area (Å²) in [6.07, 6.45) is 0. The summed E-state index contributed by atoms with van der Waals surface area (Å²) in [5.41, 5.74) is 0.326. The molecule has 0 aliphatic rings. The number of rotatable bonds is 3. The summed E-state index contributed by atoms with van der Waals surface area (Å²) in [6.45, 7) is 0. The number of nitrogens with zero attached hydrogens (tertiary/aromatic N) is 3. The van der Waals surface area contributed by atoms with Gasteiger partial charge in [0.25, 0.3) is 5.56 Å². The van der Waals surface area contributed by atoms with Gasteiger partial charge in [0.2, 0.25) is 0 Å². The first-order valence-electron chi connectivity index (χ1n) is 6.86. The molecule has 2 aromatic heterocycles. The number of H-pyrrole nitrogens is 1. The van der Waals surface area contributed by atoms with E-state index in [0.29, 0.717) is 22.9 Å². The van der Waals surface area contributed by atoms with Gasteiger partial charge in [-0.15, -0.1) is 0 Å². The van der Waals surface area contributed by atoms with Crippen molar-refractivity contribution in [1.29, 1.82) is 0 Å². The second kappa shape index (κ2) is 5.31. The van der Waals surface area contributed by atoms with E-state index in [0.717, 1.165) is 4.57 Å². The molecular formula is C15H16N4O4. The Morgan fingerprint density at radius 3 is 2.48 bits per heavy atom. The zero-order valence-electron chi connectivity index (χ0n) is 13.2. The predicted molar refractivity (Wildman–Crippen MR) is 85.1 cm³/mol. The highest BCUT2D eigenvalue weighted by atomic mass is 16.5. The fourth-order valence-electron chi connectivity index (χ4n) is 2.45. The first-order chi connectivity index (χ1) is 11.0. The third-order valence-corrected chi connectivity index (χ3v) is 3.76. The van der Waals surface area contributed by atoms with Gasteiger partial charge in [-0.1, -0.05) is 0 Å². The lowest BCUT2D eigenvalue weighted by atomic mass is 10.2. The minimum atomic E-state index is -0.432. The molecule has 0 aliphatic carbocycles. The largest absolute Gasteiger partial charge is 0.497 e. The van der Waals surface area contributed by atoms with Gasteiger partial charge in [-0.05, 0) is 18.2 Å². The number of aromatic nitrogens is 4. The molecule has 0 saturated carbocycles. The van der Waals surface area contributed by atoms with Crippen LogP contribution in [0, 0.1) is 0 Å². The minimum Gasteiger partial charge on any atom is -0.497 e. The zero-order chi connectivity index (χ0) is 16.7. The summed E-state index contributed by atoms with van der Waals surface area (Å²) in [4.78, 5) is 31.6. The van der Waals surface area contributed by atoms with Crippen LogP contribution in [-0.4, -0.2) is 33.3 Å². The Morgan fingerprint density at radius 1 is 1.09 bits per heavy atom. The third kappa shape index (κ3) is 2.19. The van der Waals surface area contributed by atoms with Gasteiger partial charge in [-0.25, -0.2) is 9.78 Å². The highest BCUT2D eigenvalue weighted by Gasteiger charge is 2.17. The Labute approximate surface area is 130 Å². The molecular weight excluding hydrogens is 300 g/mol. The average molecular weight is 316 g/mol. The molecule has 120 valence electrons. The van der Waals surface area contributed by atoms with Crippen LogP contribution in [0.4, 0.5) is 0 Å². The topological polar surface area (TPSA) is 91.1 Å². The Hall–Kier alpha value is -3.03. The van der Waals surface area contributed by atoms with Gasteiger partial charge in [-0.2, -0.15) is 0 Å². The van der Waals surface area contributed by atoms with Gasteiger partial charge in [0, 0.05) is 14.1 Å². The molecule has 0 spiro atoms. The van der Waals surface area contributed by atoms with E-state index in [1.54, 1.807) is 39.5 Å². The van der Waals surface area contributed by atoms with Crippen LogP contribution < -0.4 is 20.7 Å². The maximum Gasteiger partial charge on any atom is 0.332 e. The normalized spacial score (nSPS) is 11.0. The number of aromatic amines is 1. The lowest BCUT2D eigenvalue weighted by Gasteiger charge is -2.08. The fraction of sp³-hybridized carbons (Fsp3) is 0.267. The van der Waals surface area contributed by atoms with E-state index < -0.39 is 11.2 Å². The van der Waals surface area contributed by atoms with E-state index in [9.17, 15) is 9.59 Å². The molecule has 0 atom stereocenters. The van der Waals surface area contributed by atoms with Crippen molar-refractivity contribution < 1.29 is 9.47 Å². The molecule has 0 amide bonds. The number of aryl methyl sites for hydroxylation is 1. The molecule has 3 rings (SSSR count). The van der Waals surface area contributed by atoms with Gasteiger partial charge >= 0.3 is 5.69 Å². The number of fused-ring (bicyclic) bond motifs is 1. The van der Waals surface area contributed by atoms with Crippen molar-refractivity contribution in [3.05, 3.63) is 39.0 Å². The molecule has 0 unspecified atom stereocenters. The summed E-state index contributed by atoms with van der Waals surface area (Å²) >= 11 is 0. The molecule has 8 nitrogen and oxygen atoms in total. The van der Waals surface area contributed by atoms with Crippen molar-refractivity contribution >= 4 is 11.2 Å². The van der Waals surface area contributed by atoms with Crippen molar-refractivity contribution in [3.63, 3.8) is 0 Å². The Balaban J connectivity index is 2.35. The highest BCUT2D eigenvalue weighted by molar-refractivity contribution is 5.78. The first kappa shape index (κ1) is 14.9. The minimum absolute atomic E-state index is 0.259. The number of methoxy groups -OCH3 is 2. The summed E-state index contributed by atoms with van der Waals surface area (Å²) < 4.78 is 12.9. The highest BCUT2D eigenvalue weighted by Crippen LogP contribution is 2.32. The van der Waals surface area contributed by atoms with Crippen LogP contribution in [0.2, 0.25) is 0 Å². The Bertz CT molecular complexity index is 1010. The molecule has 0 saturated heterocycles. The molecule has 8 heteroatoms. The Kier molecular flexibility index (Phi) is 3.44. The molecule has 1 N–H and O–H groups in total. The second-order valence-corrected chi connectivity index (χ2v) is 5.06. The number of imidazole rings is 1. The number of benzene rings is 1. The molecule has 0 fully saturated rings. The van der Waals surface area contributed by atoms with Crippen LogP contribution in [0.3, 0.4) is 0 Å². The van der Waals surface area contributed by atoms with Crippen molar-refractivity contribution in [3.8, 4) is 22.9 Å². The van der Waals surface area contributed by atoms with E-state index in [-0.39, 0.29) is 11.2 Å². The number of ether oxygens (including phenoxy) is 2. The van der Waals surface area contributed by atoms with Crippen LogP contribution >= 0.6 is 0 Å². The third-order valence-electron chi connectivity index (χ3n) is 3.76. The van der Waals surface area contributed by atoms with Crippen LogP contribution in [0.15, 0.2) is 27.8 Å². The smallest absolute Gasteiger partial charge is 0.332 e. The SMILES string of the molecule is COc1ccc(OC)c(-c2nc3c([nH]2)c(=O)n(C)c(=O)n3C)c1. The molecule has 2 heterocycles. The van der Waals surface area contributed by atoms with Crippen LogP contribution in [0.5, 0.6) is 11.5 Å². The average Bonchev–Trinajstić information content (AvgIpc) is 3.02. The second-order valence-electron chi connectivity index (χ2n) is 5.06. The number of hydrogen-bond donors (Lipinski definition) is 1. The van der Waals surface area contributed by atoms with E-state index in [2.05, 4.69) is 9.97 Å². The molecule has 0 aliphatic heterocycles. The van der Waals surface area contributed by atoms with Crippen LogP contribution in [0.1, 0.15) is 0 Å². The Morgan fingerprint density at radius 2 is 1.83 bits per heavy atom. The first-order valence-corrected chi connectivity index (χ1v) is 6.86. The van der Waals surface area contributed by atoms with Crippen LogP contribution in [-0.2, 0) is 14.1 Å². The fourth-order valence-corrected chi connectivity index (χ4v) is 2.45. The standard InChI is InChI=1S/C15H16N4O4/c1-18-13-11(14(20)19(2)15(18)21)16-12(17-13)9-7-8(22-3)5-6-10(9)23-4/h5-7H,1-4H3,(H,16,17). The van der Waals surface area contributed by atoms with Crippen molar-refractivity contribution in [1.82, 2.24) is 19.1 Å². The van der Waals surface area contributed by atoms with Gasteiger partial charge in [-0.3, -0.25) is 13.9 Å². The lowest BCUT2D eigenvalue weighted by Crippen LogP contribution is -2.36. The maximum absolute atomic E-state index is 12.2. The molecule has 3 aromatic rings. The predicted octanol–water partition coefficient (Wildman–Crippen LogP) is 0.644. The van der Waals surface area contributed by atoms with E-state index >= 15 is 0 Å². The summed E-state index contributed by atoms with van der Waals surface area (Å²) in [5.74, 6) is 1.63. The van der Waals surface area contributed by atoms with Crippen molar-refractivity contribution in [2.24, 2.45) is 14.1 Å². The summed E-state index contributed by atoms with van der Waals surface area (Å²) in [6, 6.07) is 5.26. The lowest BCUT2D eigenvalue weighted by molar-refractivity contribution is 0.404.